The maximum Gasteiger partial charge on any atom is 0.306 e. The van der Waals surface area contributed by atoms with Crippen LogP contribution in [0, 0.1) is 10.1 Å². The molecule has 7 nitrogen and oxygen atoms in total. The number of aliphatic hydroxyl groups is 1. The van der Waals surface area contributed by atoms with Crippen LogP contribution in [0.3, 0.4) is 0 Å². The molecule has 0 saturated heterocycles. The van der Waals surface area contributed by atoms with Crippen molar-refractivity contribution in [1.29, 1.82) is 0 Å². The largest absolute Gasteiger partial charge is 0.469 e. The number of rotatable bonds is 6. The Bertz CT molecular complexity index is 418. The number of hydrogen-bond donors (Lipinski definition) is 1. The lowest BCUT2D eigenvalue weighted by Crippen LogP contribution is -2.17. The van der Waals surface area contributed by atoms with Gasteiger partial charge in [-0.15, -0.1) is 0 Å². The first kappa shape index (κ1) is 14.0. The van der Waals surface area contributed by atoms with Gasteiger partial charge in [-0.1, -0.05) is 6.07 Å². The number of hydrogen-bond acceptors (Lipinski definition) is 6. The molecule has 0 bridgehead atoms. The standard InChI is InChI=1S/C11H14N2O5/c1-18-11(15)4-9(6-13(16)17)8-2-3-10(7-14)12-5-8/h2-3,5,9,14H,4,6-7H2,1H3. The third-order valence-corrected chi connectivity index (χ3v) is 2.49. The van der Waals surface area contributed by atoms with Crippen LogP contribution in [0.5, 0.6) is 0 Å². The predicted molar refractivity (Wildman–Crippen MR) is 61.4 cm³/mol. The van der Waals surface area contributed by atoms with Gasteiger partial charge < -0.3 is 9.84 Å². The summed E-state index contributed by atoms with van der Waals surface area (Å²) in [6.07, 6.45) is 1.36. The molecule has 18 heavy (non-hydrogen) atoms. The van der Waals surface area contributed by atoms with Crippen LogP contribution in [0.4, 0.5) is 0 Å². The van der Waals surface area contributed by atoms with Crippen LogP contribution in [0.2, 0.25) is 0 Å². The second kappa shape index (κ2) is 6.65. The number of methoxy groups -OCH3 is 1. The van der Waals surface area contributed by atoms with E-state index in [2.05, 4.69) is 9.72 Å². The maximum absolute atomic E-state index is 11.2. The van der Waals surface area contributed by atoms with Crippen molar-refractivity contribution in [3.63, 3.8) is 0 Å². The highest BCUT2D eigenvalue weighted by Gasteiger charge is 2.22. The Hall–Kier alpha value is -2.02. The van der Waals surface area contributed by atoms with E-state index in [0.717, 1.165) is 0 Å². The van der Waals surface area contributed by atoms with Crippen LogP contribution in [-0.4, -0.2) is 34.6 Å². The zero-order valence-corrected chi connectivity index (χ0v) is 9.91. The fourth-order valence-electron chi connectivity index (χ4n) is 1.52. The molecule has 0 fully saturated rings. The van der Waals surface area contributed by atoms with Gasteiger partial charge in [-0.3, -0.25) is 19.9 Å². The number of aromatic nitrogens is 1. The van der Waals surface area contributed by atoms with Crippen LogP contribution in [0.15, 0.2) is 18.3 Å². The summed E-state index contributed by atoms with van der Waals surface area (Å²) in [6.45, 7) is -0.563. The van der Waals surface area contributed by atoms with Gasteiger partial charge in [0.2, 0.25) is 6.54 Å². The highest BCUT2D eigenvalue weighted by Crippen LogP contribution is 2.20. The minimum absolute atomic E-state index is 0.0718. The first-order chi connectivity index (χ1) is 8.56. The first-order valence-electron chi connectivity index (χ1n) is 5.31. The van der Waals surface area contributed by atoms with Crippen molar-refractivity contribution < 1.29 is 19.6 Å². The van der Waals surface area contributed by atoms with Crippen LogP contribution < -0.4 is 0 Å². The molecule has 1 rings (SSSR count). The molecule has 0 aliphatic rings. The molecular formula is C11H14N2O5. The number of esters is 1. The van der Waals surface area contributed by atoms with Crippen molar-refractivity contribution in [3.05, 3.63) is 39.7 Å². The van der Waals surface area contributed by atoms with Crippen LogP contribution >= 0.6 is 0 Å². The van der Waals surface area contributed by atoms with Gasteiger partial charge >= 0.3 is 5.97 Å². The third kappa shape index (κ3) is 4.10. The average Bonchev–Trinajstić information content (AvgIpc) is 2.37. The Balaban J connectivity index is 2.86. The van der Waals surface area contributed by atoms with Gasteiger partial charge in [-0.05, 0) is 11.6 Å². The normalized spacial score (nSPS) is 11.9. The van der Waals surface area contributed by atoms with Gasteiger partial charge in [0.25, 0.3) is 0 Å². The fraction of sp³-hybridized carbons (Fsp3) is 0.455. The van der Waals surface area contributed by atoms with Crippen LogP contribution in [0.25, 0.3) is 0 Å². The summed E-state index contributed by atoms with van der Waals surface area (Å²) in [7, 11) is 1.23. The van der Waals surface area contributed by atoms with Crippen LogP contribution in [0.1, 0.15) is 23.6 Å². The van der Waals surface area contributed by atoms with E-state index in [0.29, 0.717) is 11.3 Å². The van der Waals surface area contributed by atoms with Crippen molar-refractivity contribution in [2.24, 2.45) is 0 Å². The fourth-order valence-corrected chi connectivity index (χ4v) is 1.52. The highest BCUT2D eigenvalue weighted by molar-refractivity contribution is 5.70. The monoisotopic (exact) mass is 254 g/mol. The smallest absolute Gasteiger partial charge is 0.306 e. The van der Waals surface area contributed by atoms with Crippen molar-refractivity contribution in [2.45, 2.75) is 18.9 Å². The average molecular weight is 254 g/mol. The molecule has 1 N–H and O–H groups in total. The Morgan fingerprint density at radius 3 is 2.78 bits per heavy atom. The topological polar surface area (TPSA) is 103 Å². The lowest BCUT2D eigenvalue weighted by molar-refractivity contribution is -0.483. The molecule has 1 aromatic rings. The molecule has 7 heteroatoms. The summed E-state index contributed by atoms with van der Waals surface area (Å²) in [5.41, 5.74) is 1.05. The van der Waals surface area contributed by atoms with Crippen molar-refractivity contribution in [3.8, 4) is 0 Å². The Morgan fingerprint density at radius 2 is 2.33 bits per heavy atom. The van der Waals surface area contributed by atoms with Gasteiger partial charge in [0, 0.05) is 11.1 Å². The summed E-state index contributed by atoms with van der Waals surface area (Å²) in [5, 5.41) is 19.4. The number of aliphatic hydroxyl groups excluding tert-OH is 1. The van der Waals surface area contributed by atoms with Gasteiger partial charge in [-0.2, -0.15) is 0 Å². The molecule has 1 unspecified atom stereocenters. The minimum atomic E-state index is -0.576. The lowest BCUT2D eigenvalue weighted by atomic mass is 9.97. The van der Waals surface area contributed by atoms with Crippen molar-refractivity contribution in [1.82, 2.24) is 4.98 Å². The van der Waals surface area contributed by atoms with Gasteiger partial charge in [0.15, 0.2) is 0 Å². The molecule has 0 spiro atoms. The number of carbonyl (C=O) groups excluding carboxylic acids is 1. The molecule has 0 radical (unpaired) electrons. The molecule has 0 amide bonds. The summed E-state index contributed by atoms with van der Waals surface area (Å²) in [6, 6.07) is 3.19. The van der Waals surface area contributed by atoms with E-state index in [9.17, 15) is 14.9 Å². The van der Waals surface area contributed by atoms with E-state index in [1.54, 1.807) is 12.1 Å². The van der Waals surface area contributed by atoms with Gasteiger partial charge in [0.05, 0.1) is 31.7 Å². The number of pyridine rings is 1. The predicted octanol–water partition coefficient (Wildman–Crippen LogP) is 0.497. The summed E-state index contributed by atoms with van der Waals surface area (Å²) < 4.78 is 4.51. The number of ether oxygens (including phenoxy) is 1. The second-order valence-electron chi connectivity index (χ2n) is 3.73. The molecule has 1 aromatic heterocycles. The van der Waals surface area contributed by atoms with Crippen molar-refractivity contribution in [2.75, 3.05) is 13.7 Å². The zero-order chi connectivity index (χ0) is 13.5. The lowest BCUT2D eigenvalue weighted by Gasteiger charge is -2.11. The quantitative estimate of drug-likeness (QED) is 0.450. The zero-order valence-electron chi connectivity index (χ0n) is 9.91. The van der Waals surface area contributed by atoms with E-state index in [1.807, 2.05) is 0 Å². The Morgan fingerprint density at radius 1 is 1.61 bits per heavy atom. The molecule has 98 valence electrons. The van der Waals surface area contributed by atoms with Gasteiger partial charge in [-0.25, -0.2) is 0 Å². The minimum Gasteiger partial charge on any atom is -0.469 e. The van der Waals surface area contributed by atoms with E-state index >= 15 is 0 Å². The number of nitro groups is 1. The Kier molecular flexibility index (Phi) is 5.19. The molecule has 0 aromatic carbocycles. The molecule has 0 saturated carbocycles. The number of carbonyl (C=O) groups is 1. The van der Waals surface area contributed by atoms with Gasteiger partial charge in [0.1, 0.15) is 0 Å². The first-order valence-corrected chi connectivity index (χ1v) is 5.31. The molecule has 0 aliphatic heterocycles. The van der Waals surface area contributed by atoms with E-state index in [1.165, 1.54) is 13.3 Å². The molecule has 0 aliphatic carbocycles. The second-order valence-corrected chi connectivity index (χ2v) is 3.73. The Labute approximate surface area is 104 Å². The highest BCUT2D eigenvalue weighted by atomic mass is 16.6. The summed E-state index contributed by atoms with van der Waals surface area (Å²) in [4.78, 5) is 25.2. The van der Waals surface area contributed by atoms with E-state index < -0.39 is 16.8 Å². The summed E-state index contributed by atoms with van der Waals surface area (Å²) in [5.74, 6) is -1.08. The molecular weight excluding hydrogens is 240 g/mol. The maximum atomic E-state index is 11.2. The molecule has 1 heterocycles. The van der Waals surface area contributed by atoms with Crippen LogP contribution in [-0.2, 0) is 16.1 Å². The SMILES string of the molecule is COC(=O)CC(C[N+](=O)[O-])c1ccc(CO)nc1. The summed E-state index contributed by atoms with van der Waals surface area (Å²) >= 11 is 0. The van der Waals surface area contributed by atoms with Crippen molar-refractivity contribution >= 4 is 5.97 Å². The van der Waals surface area contributed by atoms with E-state index in [-0.39, 0.29) is 19.6 Å². The third-order valence-electron chi connectivity index (χ3n) is 2.49. The molecule has 1 atom stereocenters. The van der Waals surface area contributed by atoms with E-state index in [4.69, 9.17) is 5.11 Å². The number of nitrogens with zero attached hydrogens (tertiary/aromatic N) is 2.